The van der Waals surface area contributed by atoms with Gasteiger partial charge >= 0.3 is 19.8 Å². The second-order valence-electron chi connectivity index (χ2n) is 14.4. The van der Waals surface area contributed by atoms with E-state index in [0.717, 1.165) is 51.4 Å². The Morgan fingerprint density at radius 1 is 0.558 bits per heavy atom. The fourth-order valence-electron chi connectivity index (χ4n) is 5.87. The lowest BCUT2D eigenvalue weighted by Gasteiger charge is -2.20. The van der Waals surface area contributed by atoms with E-state index >= 15 is 0 Å². The number of carbonyl (C=O) groups excluding carboxylic acids is 2. The Kier molecular flexibility index (Phi) is 37.1. The van der Waals surface area contributed by atoms with Crippen molar-refractivity contribution in [1.29, 1.82) is 0 Å². The Morgan fingerprint density at radius 2 is 0.942 bits per heavy atom. The van der Waals surface area contributed by atoms with Crippen LogP contribution in [-0.2, 0) is 32.7 Å². The van der Waals surface area contributed by atoms with Crippen molar-refractivity contribution >= 4 is 19.8 Å². The minimum Gasteiger partial charge on any atom is -0.462 e. The summed E-state index contributed by atoms with van der Waals surface area (Å²) in [4.78, 5) is 34.9. The van der Waals surface area contributed by atoms with Gasteiger partial charge in [0.1, 0.15) is 12.7 Å². The summed E-state index contributed by atoms with van der Waals surface area (Å²) >= 11 is 0. The normalized spacial score (nSPS) is 14.0. The second kappa shape index (κ2) is 38.0. The molecule has 0 radical (unpaired) electrons. The lowest BCUT2D eigenvalue weighted by molar-refractivity contribution is -0.161. The predicted octanol–water partition coefficient (Wildman–Crippen LogP) is 10.8. The van der Waals surface area contributed by atoms with Gasteiger partial charge in [-0.1, -0.05) is 161 Å². The average molecular weight is 763 g/mol. The molecule has 0 rings (SSSR count). The van der Waals surface area contributed by atoms with Gasteiger partial charge in [0.15, 0.2) is 6.10 Å². The summed E-state index contributed by atoms with van der Waals surface area (Å²) in [6, 6.07) is 0. The molecule has 0 heterocycles. The lowest BCUT2D eigenvalue weighted by Crippen LogP contribution is -2.29. The summed E-state index contributed by atoms with van der Waals surface area (Å²) in [7, 11) is -4.61. The van der Waals surface area contributed by atoms with Crippen molar-refractivity contribution in [2.45, 2.75) is 212 Å². The number of allylic oxidation sites excluding steroid dienone is 2. The maximum Gasteiger partial charge on any atom is 0.472 e. The molecule has 0 aromatic rings. The quantitative estimate of drug-likeness (QED) is 0.0238. The minimum atomic E-state index is -4.61. The largest absolute Gasteiger partial charge is 0.472 e. The Balaban J connectivity index is 4.30. The smallest absolute Gasteiger partial charge is 0.462 e. The van der Waals surface area contributed by atoms with E-state index in [0.29, 0.717) is 12.8 Å². The molecule has 0 bridgehead atoms. The first-order valence-corrected chi connectivity index (χ1v) is 22.6. The van der Waals surface area contributed by atoms with Crippen LogP contribution in [0, 0.1) is 0 Å². The van der Waals surface area contributed by atoms with Gasteiger partial charge in [-0.05, 0) is 38.5 Å². The maximum atomic E-state index is 12.6. The van der Waals surface area contributed by atoms with E-state index in [1.807, 2.05) is 0 Å². The molecule has 1 unspecified atom stereocenters. The summed E-state index contributed by atoms with van der Waals surface area (Å²) in [5.41, 5.74) is 0. The highest BCUT2D eigenvalue weighted by Gasteiger charge is 2.27. The zero-order valence-corrected chi connectivity index (χ0v) is 34.2. The van der Waals surface area contributed by atoms with Crippen molar-refractivity contribution < 1.29 is 47.8 Å². The summed E-state index contributed by atoms with van der Waals surface area (Å²) in [6.45, 7) is 2.38. The first kappa shape index (κ1) is 50.7. The lowest BCUT2D eigenvalue weighted by atomic mass is 10.0. The molecule has 308 valence electrons. The van der Waals surface area contributed by atoms with Gasteiger partial charge in [-0.15, -0.1) is 0 Å². The van der Waals surface area contributed by atoms with Gasteiger partial charge in [-0.2, -0.15) is 0 Å². The standard InChI is InChI=1S/C41H79O10P/c1-3-5-7-9-11-13-15-17-19-21-23-25-27-29-31-33-41(45)51-39(37-50-52(46,47)49-35-38(43)34-42)36-48-40(44)32-30-28-26-24-22-20-18-16-14-12-10-8-6-4-2/h16,18,38-39,42-43H,3-15,17,19-37H2,1-2H3,(H,46,47)/b18-16+/t38-,39+/m0/s1. The van der Waals surface area contributed by atoms with E-state index in [-0.39, 0.29) is 19.4 Å². The molecule has 0 spiro atoms. The molecular weight excluding hydrogens is 683 g/mol. The average Bonchev–Trinajstić information content (AvgIpc) is 3.13. The third kappa shape index (κ3) is 37.0. The Labute approximate surface area is 317 Å². The number of phosphoric acid groups is 1. The van der Waals surface area contributed by atoms with Crippen LogP contribution in [0.3, 0.4) is 0 Å². The zero-order chi connectivity index (χ0) is 38.4. The summed E-state index contributed by atoms with van der Waals surface area (Å²) in [6.07, 6.45) is 34.6. The van der Waals surface area contributed by atoms with Gasteiger partial charge in [0.2, 0.25) is 0 Å². The number of esters is 2. The third-order valence-electron chi connectivity index (χ3n) is 9.17. The highest BCUT2D eigenvalue weighted by molar-refractivity contribution is 7.47. The van der Waals surface area contributed by atoms with Crippen molar-refractivity contribution in [1.82, 2.24) is 0 Å². The molecule has 0 aliphatic rings. The van der Waals surface area contributed by atoms with E-state index < -0.39 is 51.8 Å². The molecule has 0 aromatic carbocycles. The molecule has 0 saturated heterocycles. The molecule has 0 amide bonds. The van der Waals surface area contributed by atoms with E-state index in [1.54, 1.807) is 0 Å². The Hall–Kier alpha value is -1.29. The Morgan fingerprint density at radius 3 is 1.38 bits per heavy atom. The number of hydrogen-bond acceptors (Lipinski definition) is 9. The van der Waals surface area contributed by atoms with Crippen LogP contribution in [0.4, 0.5) is 0 Å². The molecule has 11 heteroatoms. The van der Waals surface area contributed by atoms with E-state index in [4.69, 9.17) is 19.1 Å². The number of ether oxygens (including phenoxy) is 2. The molecule has 0 fully saturated rings. The molecule has 3 atom stereocenters. The highest BCUT2D eigenvalue weighted by Crippen LogP contribution is 2.43. The van der Waals surface area contributed by atoms with Crippen LogP contribution in [0.1, 0.15) is 200 Å². The van der Waals surface area contributed by atoms with Crippen LogP contribution in [-0.4, -0.2) is 65.7 Å². The molecule has 0 aliphatic carbocycles. The first-order valence-electron chi connectivity index (χ1n) is 21.1. The summed E-state index contributed by atoms with van der Waals surface area (Å²) in [5.74, 6) is -0.926. The number of hydrogen-bond donors (Lipinski definition) is 3. The summed E-state index contributed by atoms with van der Waals surface area (Å²) < 4.78 is 32.7. The van der Waals surface area contributed by atoms with Crippen LogP contribution in [0.5, 0.6) is 0 Å². The van der Waals surface area contributed by atoms with Crippen LogP contribution in [0.15, 0.2) is 12.2 Å². The number of aliphatic hydroxyl groups is 2. The van der Waals surface area contributed by atoms with E-state index in [1.165, 1.54) is 109 Å². The highest BCUT2D eigenvalue weighted by atomic mass is 31.2. The molecule has 52 heavy (non-hydrogen) atoms. The van der Waals surface area contributed by atoms with Crippen LogP contribution in [0.25, 0.3) is 0 Å². The predicted molar refractivity (Wildman–Crippen MR) is 210 cm³/mol. The van der Waals surface area contributed by atoms with Crippen LogP contribution < -0.4 is 0 Å². The first-order chi connectivity index (χ1) is 25.2. The van der Waals surface area contributed by atoms with Gasteiger partial charge in [-0.3, -0.25) is 18.6 Å². The Bertz CT molecular complexity index is 884. The molecule has 10 nitrogen and oxygen atoms in total. The monoisotopic (exact) mass is 763 g/mol. The molecule has 0 aromatic heterocycles. The molecule has 3 N–H and O–H groups in total. The second-order valence-corrected chi connectivity index (χ2v) is 15.8. The molecular formula is C41H79O10P. The molecule has 0 aliphatic heterocycles. The van der Waals surface area contributed by atoms with Crippen LogP contribution in [0.2, 0.25) is 0 Å². The summed E-state index contributed by atoms with van der Waals surface area (Å²) in [5, 5.41) is 18.3. The van der Waals surface area contributed by atoms with Crippen molar-refractivity contribution in [3.8, 4) is 0 Å². The SMILES string of the molecule is CCCCCCC/C=C/CCCCCCCC(=O)OC[C@H](COP(=O)(O)OC[C@@H](O)CO)OC(=O)CCCCCCCCCCCCCCCCC. The van der Waals surface area contributed by atoms with Crippen molar-refractivity contribution in [3.63, 3.8) is 0 Å². The topological polar surface area (TPSA) is 149 Å². The van der Waals surface area contributed by atoms with Crippen molar-refractivity contribution in [3.05, 3.63) is 12.2 Å². The number of rotatable bonds is 40. The number of aliphatic hydroxyl groups excluding tert-OH is 2. The molecule has 0 saturated carbocycles. The van der Waals surface area contributed by atoms with Gasteiger partial charge in [-0.25, -0.2) is 4.57 Å². The van der Waals surface area contributed by atoms with Gasteiger partial charge in [0, 0.05) is 12.8 Å². The number of phosphoric ester groups is 1. The fourth-order valence-corrected chi connectivity index (χ4v) is 6.66. The zero-order valence-electron chi connectivity index (χ0n) is 33.3. The minimum absolute atomic E-state index is 0.188. The maximum absolute atomic E-state index is 12.6. The van der Waals surface area contributed by atoms with Crippen molar-refractivity contribution in [2.24, 2.45) is 0 Å². The van der Waals surface area contributed by atoms with E-state index in [2.05, 4.69) is 30.5 Å². The van der Waals surface area contributed by atoms with E-state index in [9.17, 15) is 24.2 Å². The van der Waals surface area contributed by atoms with Crippen molar-refractivity contribution in [2.75, 3.05) is 26.4 Å². The van der Waals surface area contributed by atoms with Gasteiger partial charge < -0.3 is 24.6 Å². The van der Waals surface area contributed by atoms with Gasteiger partial charge in [0.25, 0.3) is 0 Å². The third-order valence-corrected chi connectivity index (χ3v) is 10.1. The fraction of sp³-hybridized carbons (Fsp3) is 0.902. The van der Waals surface area contributed by atoms with Crippen LogP contribution >= 0.6 is 7.82 Å². The number of carbonyl (C=O) groups is 2. The number of unbranched alkanes of at least 4 members (excludes halogenated alkanes) is 24. The van der Waals surface area contributed by atoms with Gasteiger partial charge in [0.05, 0.1) is 19.8 Å².